The number of pyridine rings is 1. The van der Waals surface area contributed by atoms with Gasteiger partial charge in [-0.05, 0) is 6.07 Å². The molecule has 0 saturated carbocycles. The molecule has 0 N–H and O–H groups in total. The number of imide groups is 1. The number of methoxy groups -OCH3 is 1. The molecule has 0 spiro atoms. The van der Waals surface area contributed by atoms with E-state index < -0.39 is 0 Å². The summed E-state index contributed by atoms with van der Waals surface area (Å²) in [6.45, 7) is 0. The Morgan fingerprint density at radius 1 is 1.27 bits per heavy atom. The normalized spacial score (nSPS) is 15.9. The molecule has 78 valence electrons. The minimum atomic E-state index is -0.174. The molecule has 1 aromatic heterocycles. The van der Waals surface area contributed by atoms with Gasteiger partial charge >= 0.3 is 0 Å². The van der Waals surface area contributed by atoms with Gasteiger partial charge in [0.1, 0.15) is 0 Å². The van der Waals surface area contributed by atoms with Crippen LogP contribution in [-0.2, 0) is 9.59 Å². The molecule has 0 unspecified atom stereocenters. The monoisotopic (exact) mass is 206 g/mol. The van der Waals surface area contributed by atoms with Gasteiger partial charge in [0.05, 0.1) is 19.0 Å². The molecule has 0 radical (unpaired) electrons. The Kier molecular flexibility index (Phi) is 2.37. The van der Waals surface area contributed by atoms with Crippen molar-refractivity contribution in [3.05, 3.63) is 18.3 Å². The zero-order valence-corrected chi connectivity index (χ0v) is 8.27. The van der Waals surface area contributed by atoms with Gasteiger partial charge in [-0.3, -0.25) is 9.59 Å². The molecule has 0 aromatic carbocycles. The third kappa shape index (κ3) is 1.68. The summed E-state index contributed by atoms with van der Waals surface area (Å²) in [7, 11) is 1.51. The van der Waals surface area contributed by atoms with Gasteiger partial charge in [0.2, 0.25) is 17.7 Å². The minimum absolute atomic E-state index is 0.174. The molecule has 2 rings (SSSR count). The lowest BCUT2D eigenvalue weighted by Crippen LogP contribution is -2.28. The van der Waals surface area contributed by atoms with Crippen molar-refractivity contribution in [1.82, 2.24) is 4.98 Å². The van der Waals surface area contributed by atoms with Gasteiger partial charge in [0.25, 0.3) is 0 Å². The lowest BCUT2D eigenvalue weighted by molar-refractivity contribution is -0.121. The topological polar surface area (TPSA) is 59.5 Å². The van der Waals surface area contributed by atoms with Crippen molar-refractivity contribution in [2.45, 2.75) is 12.8 Å². The molecule has 0 atom stereocenters. The number of ether oxygens (including phenoxy) is 1. The molecule has 1 aliphatic rings. The first-order chi connectivity index (χ1) is 7.22. The summed E-state index contributed by atoms with van der Waals surface area (Å²) in [6.07, 6.45) is 2.02. The molecule has 2 amide bonds. The van der Waals surface area contributed by atoms with Crippen molar-refractivity contribution in [2.75, 3.05) is 12.0 Å². The molecule has 5 nitrogen and oxygen atoms in total. The summed E-state index contributed by atoms with van der Waals surface area (Å²) in [4.78, 5) is 27.9. The predicted molar refractivity (Wildman–Crippen MR) is 52.5 cm³/mol. The Balaban J connectivity index is 2.29. The number of rotatable bonds is 2. The van der Waals surface area contributed by atoms with Crippen LogP contribution in [0, 0.1) is 0 Å². The first-order valence-corrected chi connectivity index (χ1v) is 4.58. The second kappa shape index (κ2) is 3.68. The van der Waals surface area contributed by atoms with Crippen molar-refractivity contribution in [3.8, 4) is 5.88 Å². The summed E-state index contributed by atoms with van der Waals surface area (Å²) in [5.41, 5.74) is 0.503. The lowest BCUT2D eigenvalue weighted by Gasteiger charge is -2.13. The standard InChI is InChI=1S/C10H10N2O3/c1-15-8-3-2-7(6-11-8)12-9(13)4-5-10(12)14/h2-3,6H,4-5H2,1H3. The van der Waals surface area contributed by atoms with Crippen molar-refractivity contribution >= 4 is 17.5 Å². The third-order valence-electron chi connectivity index (χ3n) is 2.24. The molecule has 15 heavy (non-hydrogen) atoms. The smallest absolute Gasteiger partial charge is 0.234 e. The van der Waals surface area contributed by atoms with E-state index in [9.17, 15) is 9.59 Å². The maximum absolute atomic E-state index is 11.4. The molecule has 0 bridgehead atoms. The van der Waals surface area contributed by atoms with Crippen molar-refractivity contribution < 1.29 is 14.3 Å². The van der Waals surface area contributed by atoms with Crippen LogP contribution >= 0.6 is 0 Å². The highest BCUT2D eigenvalue weighted by molar-refractivity contribution is 6.19. The van der Waals surface area contributed by atoms with E-state index in [0.29, 0.717) is 11.6 Å². The number of carbonyl (C=O) groups excluding carboxylic acids is 2. The number of nitrogens with zero attached hydrogens (tertiary/aromatic N) is 2. The van der Waals surface area contributed by atoms with Gasteiger partial charge in [-0.15, -0.1) is 0 Å². The molecule has 1 aliphatic heterocycles. The predicted octanol–water partition coefficient (Wildman–Crippen LogP) is 0.744. The Morgan fingerprint density at radius 3 is 2.40 bits per heavy atom. The Labute approximate surface area is 86.7 Å². The van der Waals surface area contributed by atoms with Gasteiger partial charge in [0, 0.05) is 18.9 Å². The zero-order chi connectivity index (χ0) is 10.8. The number of amides is 2. The van der Waals surface area contributed by atoms with E-state index in [1.54, 1.807) is 12.1 Å². The summed E-state index contributed by atoms with van der Waals surface area (Å²) >= 11 is 0. The van der Waals surface area contributed by atoms with Crippen LogP contribution in [0.5, 0.6) is 5.88 Å². The maximum atomic E-state index is 11.4. The van der Waals surface area contributed by atoms with E-state index in [1.165, 1.54) is 13.3 Å². The fraction of sp³-hybridized carbons (Fsp3) is 0.300. The highest BCUT2D eigenvalue weighted by atomic mass is 16.5. The van der Waals surface area contributed by atoms with Gasteiger partial charge < -0.3 is 4.74 Å². The molecule has 1 fully saturated rings. The summed E-state index contributed by atoms with van der Waals surface area (Å²) in [5.74, 6) is 0.108. The fourth-order valence-electron chi connectivity index (χ4n) is 1.49. The summed E-state index contributed by atoms with van der Waals surface area (Å²) < 4.78 is 4.89. The van der Waals surface area contributed by atoms with Crippen LogP contribution in [0.3, 0.4) is 0 Å². The van der Waals surface area contributed by atoms with E-state index in [0.717, 1.165) is 4.90 Å². The first kappa shape index (κ1) is 9.64. The van der Waals surface area contributed by atoms with E-state index in [-0.39, 0.29) is 24.7 Å². The van der Waals surface area contributed by atoms with Crippen molar-refractivity contribution in [1.29, 1.82) is 0 Å². The number of anilines is 1. The maximum Gasteiger partial charge on any atom is 0.234 e. The SMILES string of the molecule is COc1ccc(N2C(=O)CCC2=O)cn1. The van der Waals surface area contributed by atoms with Crippen LogP contribution in [0.4, 0.5) is 5.69 Å². The third-order valence-corrected chi connectivity index (χ3v) is 2.24. The largest absolute Gasteiger partial charge is 0.481 e. The second-order valence-corrected chi connectivity index (χ2v) is 3.18. The highest BCUT2D eigenvalue weighted by Gasteiger charge is 2.30. The quantitative estimate of drug-likeness (QED) is 0.670. The molecular weight excluding hydrogens is 196 g/mol. The van der Waals surface area contributed by atoms with Crippen LogP contribution in [0.2, 0.25) is 0 Å². The molecule has 5 heteroatoms. The summed E-state index contributed by atoms with van der Waals surface area (Å²) in [6, 6.07) is 3.27. The average Bonchev–Trinajstić information content (AvgIpc) is 2.59. The minimum Gasteiger partial charge on any atom is -0.481 e. The highest BCUT2D eigenvalue weighted by Crippen LogP contribution is 2.22. The number of aromatic nitrogens is 1. The lowest BCUT2D eigenvalue weighted by atomic mass is 10.4. The number of hydrogen-bond acceptors (Lipinski definition) is 4. The second-order valence-electron chi connectivity index (χ2n) is 3.18. The van der Waals surface area contributed by atoms with E-state index >= 15 is 0 Å². The molecule has 0 aliphatic carbocycles. The van der Waals surface area contributed by atoms with Gasteiger partial charge in [-0.1, -0.05) is 0 Å². The average molecular weight is 206 g/mol. The molecule has 1 aromatic rings. The van der Waals surface area contributed by atoms with Crippen LogP contribution in [0.15, 0.2) is 18.3 Å². The van der Waals surface area contributed by atoms with E-state index in [4.69, 9.17) is 4.74 Å². The number of hydrogen-bond donors (Lipinski definition) is 0. The van der Waals surface area contributed by atoms with Gasteiger partial charge in [-0.2, -0.15) is 0 Å². The van der Waals surface area contributed by atoms with Crippen molar-refractivity contribution in [2.24, 2.45) is 0 Å². The first-order valence-electron chi connectivity index (χ1n) is 4.58. The van der Waals surface area contributed by atoms with Gasteiger partial charge in [0.15, 0.2) is 0 Å². The Bertz CT molecular complexity index is 384. The van der Waals surface area contributed by atoms with Gasteiger partial charge in [-0.25, -0.2) is 9.88 Å². The van der Waals surface area contributed by atoms with Crippen LogP contribution in [0.25, 0.3) is 0 Å². The zero-order valence-electron chi connectivity index (χ0n) is 8.27. The van der Waals surface area contributed by atoms with Crippen LogP contribution < -0.4 is 9.64 Å². The van der Waals surface area contributed by atoms with E-state index in [2.05, 4.69) is 4.98 Å². The molecule has 1 saturated heterocycles. The van der Waals surface area contributed by atoms with E-state index in [1.807, 2.05) is 0 Å². The molecule has 2 heterocycles. The summed E-state index contributed by atoms with van der Waals surface area (Å²) in [5, 5.41) is 0. The Hall–Kier alpha value is -1.91. The van der Waals surface area contributed by atoms with Crippen LogP contribution in [-0.4, -0.2) is 23.9 Å². The Morgan fingerprint density at radius 2 is 1.93 bits per heavy atom. The fourth-order valence-corrected chi connectivity index (χ4v) is 1.49. The van der Waals surface area contributed by atoms with Crippen LogP contribution in [0.1, 0.15) is 12.8 Å². The van der Waals surface area contributed by atoms with Crippen molar-refractivity contribution in [3.63, 3.8) is 0 Å². The molecular formula is C10H10N2O3. The number of carbonyl (C=O) groups is 2.